The molecule has 3 N–H and O–H groups in total. The van der Waals surface area contributed by atoms with Gasteiger partial charge in [-0.15, -0.1) is 0 Å². The second kappa shape index (κ2) is 8.58. The summed E-state index contributed by atoms with van der Waals surface area (Å²) in [6, 6.07) is 10.9. The minimum absolute atomic E-state index is 0.206. The van der Waals surface area contributed by atoms with E-state index in [1.54, 1.807) is 0 Å². The van der Waals surface area contributed by atoms with Crippen LogP contribution in [0.4, 0.5) is 8.78 Å². The van der Waals surface area contributed by atoms with Gasteiger partial charge in [-0.1, -0.05) is 35.9 Å². The number of halogens is 3. The van der Waals surface area contributed by atoms with Gasteiger partial charge >= 0.3 is 5.97 Å². The van der Waals surface area contributed by atoms with Crippen molar-refractivity contribution in [2.75, 3.05) is 13.7 Å². The molecule has 3 rings (SSSR count). The summed E-state index contributed by atoms with van der Waals surface area (Å²) in [5.41, 5.74) is 0.105. The molecule has 1 fully saturated rings. The van der Waals surface area contributed by atoms with Crippen molar-refractivity contribution in [1.29, 1.82) is 0 Å². The SMILES string of the molecule is CNCc1ccccc1Cl.O=C(O)[C@@]1(c2ccc(F)c(F)c2)C[C@H]1CO. The average molecular weight is 384 g/mol. The Hall–Kier alpha value is -2.02. The normalized spacial score (nSPS) is 20.9. The number of carboxylic acids is 1. The maximum absolute atomic E-state index is 13.0. The van der Waals surface area contributed by atoms with Gasteiger partial charge in [-0.2, -0.15) is 0 Å². The third kappa shape index (κ3) is 4.20. The molecule has 0 saturated heterocycles. The Morgan fingerprint density at radius 1 is 1.27 bits per heavy atom. The third-order valence-corrected chi connectivity index (χ3v) is 4.84. The molecule has 7 heteroatoms. The molecule has 26 heavy (non-hydrogen) atoms. The first-order valence-corrected chi connectivity index (χ1v) is 8.42. The molecular formula is C19H20ClF2NO3. The molecular weight excluding hydrogens is 364 g/mol. The molecule has 140 valence electrons. The van der Waals surface area contributed by atoms with E-state index in [2.05, 4.69) is 5.32 Å². The third-order valence-electron chi connectivity index (χ3n) is 4.47. The van der Waals surface area contributed by atoms with Crippen molar-refractivity contribution in [2.24, 2.45) is 5.92 Å². The Kier molecular flexibility index (Phi) is 6.69. The predicted octanol–water partition coefficient (Wildman–Crippen LogP) is 3.36. The summed E-state index contributed by atoms with van der Waals surface area (Å²) < 4.78 is 25.7. The molecule has 2 aromatic rings. The van der Waals surface area contributed by atoms with Crippen molar-refractivity contribution in [1.82, 2.24) is 5.32 Å². The van der Waals surface area contributed by atoms with Gasteiger partial charge in [0.25, 0.3) is 0 Å². The zero-order valence-electron chi connectivity index (χ0n) is 14.2. The standard InChI is InChI=1S/C11H10F2O3.C8H10ClN/c12-8-2-1-6(3-9(8)13)11(10(15)16)4-7(11)5-14;1-10-6-7-4-2-3-5-8(7)9/h1-3,7,14H,4-5H2,(H,15,16);2-5,10H,6H2,1H3/t7-,11+;/m0./s1. The number of aliphatic hydroxyl groups excluding tert-OH is 1. The fourth-order valence-electron chi connectivity index (χ4n) is 2.89. The Labute approximate surface area is 155 Å². The predicted molar refractivity (Wildman–Crippen MR) is 95.1 cm³/mol. The number of aliphatic hydroxyl groups is 1. The van der Waals surface area contributed by atoms with E-state index in [1.165, 1.54) is 6.07 Å². The lowest BCUT2D eigenvalue weighted by Crippen LogP contribution is -2.23. The molecule has 1 saturated carbocycles. The number of benzene rings is 2. The van der Waals surface area contributed by atoms with Gasteiger partial charge in [-0.05, 0) is 42.8 Å². The maximum atomic E-state index is 13.0. The van der Waals surface area contributed by atoms with Crippen molar-refractivity contribution in [3.05, 3.63) is 70.2 Å². The Bertz CT molecular complexity index is 787. The van der Waals surface area contributed by atoms with Crippen LogP contribution in [0.1, 0.15) is 17.5 Å². The molecule has 1 aliphatic carbocycles. The summed E-state index contributed by atoms with van der Waals surface area (Å²) in [6.07, 6.45) is 0.254. The monoisotopic (exact) mass is 383 g/mol. The molecule has 0 spiro atoms. The van der Waals surface area contributed by atoms with E-state index >= 15 is 0 Å². The Morgan fingerprint density at radius 2 is 1.96 bits per heavy atom. The van der Waals surface area contributed by atoms with Crippen LogP contribution in [-0.4, -0.2) is 29.8 Å². The first-order valence-electron chi connectivity index (χ1n) is 8.04. The van der Waals surface area contributed by atoms with Gasteiger partial charge in [-0.3, -0.25) is 4.79 Å². The van der Waals surface area contributed by atoms with Gasteiger partial charge in [0, 0.05) is 24.1 Å². The minimum Gasteiger partial charge on any atom is -0.481 e. The van der Waals surface area contributed by atoms with E-state index in [-0.39, 0.29) is 18.6 Å². The summed E-state index contributed by atoms with van der Waals surface area (Å²) in [4.78, 5) is 11.1. The van der Waals surface area contributed by atoms with Crippen molar-refractivity contribution >= 4 is 17.6 Å². The largest absolute Gasteiger partial charge is 0.481 e. The molecule has 2 aromatic carbocycles. The summed E-state index contributed by atoms with van der Waals surface area (Å²) in [5.74, 6) is -3.61. The van der Waals surface area contributed by atoms with Crippen molar-refractivity contribution in [2.45, 2.75) is 18.4 Å². The topological polar surface area (TPSA) is 69.6 Å². The van der Waals surface area contributed by atoms with Crippen LogP contribution < -0.4 is 5.32 Å². The molecule has 0 aliphatic heterocycles. The summed E-state index contributed by atoms with van der Waals surface area (Å²) in [5, 5.41) is 21.9. The number of carbonyl (C=O) groups is 1. The maximum Gasteiger partial charge on any atom is 0.314 e. The lowest BCUT2D eigenvalue weighted by Gasteiger charge is -2.12. The number of aliphatic carboxylic acids is 1. The van der Waals surface area contributed by atoms with Crippen molar-refractivity contribution < 1.29 is 23.8 Å². The van der Waals surface area contributed by atoms with Gasteiger partial charge in [-0.25, -0.2) is 8.78 Å². The number of rotatable bonds is 5. The molecule has 0 amide bonds. The second-order valence-corrected chi connectivity index (χ2v) is 6.52. The number of hydrogen-bond donors (Lipinski definition) is 3. The number of nitrogens with one attached hydrogen (secondary N) is 1. The number of hydrogen-bond acceptors (Lipinski definition) is 3. The molecule has 2 atom stereocenters. The highest BCUT2D eigenvalue weighted by Crippen LogP contribution is 2.54. The summed E-state index contributed by atoms with van der Waals surface area (Å²) >= 11 is 5.86. The van der Waals surface area contributed by atoms with Crippen molar-refractivity contribution in [3.63, 3.8) is 0 Å². The van der Waals surface area contributed by atoms with Crippen LogP contribution in [0.15, 0.2) is 42.5 Å². The highest BCUT2D eigenvalue weighted by Gasteiger charge is 2.61. The van der Waals surface area contributed by atoms with Crippen molar-refractivity contribution in [3.8, 4) is 0 Å². The summed E-state index contributed by atoms with van der Waals surface area (Å²) in [7, 11) is 1.91. The van der Waals surface area contributed by atoms with Gasteiger partial charge in [0.2, 0.25) is 0 Å². The van der Waals surface area contributed by atoms with E-state index in [9.17, 15) is 13.6 Å². The van der Waals surface area contributed by atoms with Gasteiger partial charge in [0.15, 0.2) is 11.6 Å². The van der Waals surface area contributed by atoms with Gasteiger partial charge in [0.1, 0.15) is 0 Å². The summed E-state index contributed by atoms with van der Waals surface area (Å²) in [6.45, 7) is 0.560. The minimum atomic E-state index is -1.25. The average Bonchev–Trinajstić information content (AvgIpc) is 3.36. The lowest BCUT2D eigenvalue weighted by atomic mass is 9.93. The van der Waals surface area contributed by atoms with Crippen LogP contribution in [0.5, 0.6) is 0 Å². The van der Waals surface area contributed by atoms with E-state index in [1.807, 2.05) is 31.3 Å². The quantitative estimate of drug-likeness (QED) is 0.740. The first kappa shape index (κ1) is 20.3. The van der Waals surface area contributed by atoms with Crippen LogP contribution in [-0.2, 0) is 16.8 Å². The molecule has 1 aliphatic rings. The molecule has 0 heterocycles. The van der Waals surface area contributed by atoms with Crippen LogP contribution >= 0.6 is 11.6 Å². The highest BCUT2D eigenvalue weighted by molar-refractivity contribution is 6.31. The van der Waals surface area contributed by atoms with E-state index in [0.717, 1.165) is 29.3 Å². The fraction of sp³-hybridized carbons (Fsp3) is 0.316. The van der Waals surface area contributed by atoms with Gasteiger partial charge in [0.05, 0.1) is 5.41 Å². The zero-order valence-corrected chi connectivity index (χ0v) is 14.9. The smallest absolute Gasteiger partial charge is 0.314 e. The van der Waals surface area contributed by atoms with Gasteiger partial charge < -0.3 is 15.5 Å². The molecule has 0 aromatic heterocycles. The van der Waals surface area contributed by atoms with E-state index < -0.39 is 28.9 Å². The zero-order chi connectivity index (χ0) is 19.3. The highest BCUT2D eigenvalue weighted by atomic mass is 35.5. The Balaban J connectivity index is 0.000000209. The van der Waals surface area contributed by atoms with E-state index in [0.29, 0.717) is 0 Å². The molecule has 0 bridgehead atoms. The molecule has 0 unspecified atom stereocenters. The molecule has 0 radical (unpaired) electrons. The van der Waals surface area contributed by atoms with Crippen LogP contribution in [0.2, 0.25) is 5.02 Å². The molecule has 4 nitrogen and oxygen atoms in total. The van der Waals surface area contributed by atoms with Crippen LogP contribution in [0.3, 0.4) is 0 Å². The lowest BCUT2D eigenvalue weighted by molar-refractivity contribution is -0.140. The van der Waals surface area contributed by atoms with Crippen LogP contribution in [0, 0.1) is 17.6 Å². The number of carboxylic acid groups (broad SMARTS) is 1. The van der Waals surface area contributed by atoms with E-state index in [4.69, 9.17) is 21.8 Å². The first-order chi connectivity index (χ1) is 12.4. The fourth-order valence-corrected chi connectivity index (χ4v) is 3.10. The second-order valence-electron chi connectivity index (χ2n) is 6.11. The van der Waals surface area contributed by atoms with Crippen LogP contribution in [0.25, 0.3) is 0 Å². The Morgan fingerprint density at radius 3 is 2.46 bits per heavy atom.